The largest absolute Gasteiger partial charge is 0.507 e. The Labute approximate surface area is 342 Å². The molecule has 0 spiro atoms. The fourth-order valence-electron chi connectivity index (χ4n) is 8.93. The van der Waals surface area contributed by atoms with Crippen LogP contribution in [0.3, 0.4) is 0 Å². The summed E-state index contributed by atoms with van der Waals surface area (Å²) in [6, 6.07) is 29.4. The minimum absolute atomic E-state index is 0.0528. The highest BCUT2D eigenvalue weighted by Crippen LogP contribution is 2.57. The van der Waals surface area contributed by atoms with E-state index < -0.39 is 0 Å². The molecule has 7 nitrogen and oxygen atoms in total. The molecule has 294 valence electrons. The van der Waals surface area contributed by atoms with Crippen molar-refractivity contribution in [3.8, 4) is 17.6 Å². The van der Waals surface area contributed by atoms with Gasteiger partial charge in [0, 0.05) is 75.5 Å². The number of anilines is 1. The second kappa shape index (κ2) is 17.5. The predicted molar refractivity (Wildman–Crippen MR) is 238 cm³/mol. The van der Waals surface area contributed by atoms with Crippen LogP contribution in [0.1, 0.15) is 107 Å². The van der Waals surface area contributed by atoms with Gasteiger partial charge in [-0.2, -0.15) is 0 Å². The Morgan fingerprint density at radius 2 is 1.21 bits per heavy atom. The van der Waals surface area contributed by atoms with Gasteiger partial charge in [0.05, 0.1) is 29.5 Å². The number of unbranched alkanes of at least 4 members (excludes halogenated alkanes) is 4. The molecule has 0 bridgehead atoms. The highest BCUT2D eigenvalue weighted by Gasteiger charge is 2.43. The molecule has 0 unspecified atom stereocenters. The van der Waals surface area contributed by atoms with Gasteiger partial charge in [-0.05, 0) is 48.1 Å². The third kappa shape index (κ3) is 6.79. The zero-order valence-electron chi connectivity index (χ0n) is 34.2. The SMILES string of the molecule is [C-]#[N+]C(C#N)=C1C(c2c3ccccc3c(N(CCCC)CCCC)c3cccc(O)c23)=C(O)/C1=C1\c2ccccc2C(=[N+](CCCC)CCCC)c2cccc(O)c21. The van der Waals surface area contributed by atoms with Gasteiger partial charge in [-0.25, -0.2) is 14.7 Å². The molecule has 0 fully saturated rings. The lowest BCUT2D eigenvalue weighted by Gasteiger charge is -2.35. The quantitative estimate of drug-likeness (QED) is 0.0444. The van der Waals surface area contributed by atoms with Crippen molar-refractivity contribution in [2.45, 2.75) is 79.1 Å². The summed E-state index contributed by atoms with van der Waals surface area (Å²) in [7, 11) is 0. The van der Waals surface area contributed by atoms with Crippen LogP contribution >= 0.6 is 0 Å². The summed E-state index contributed by atoms with van der Waals surface area (Å²) in [5, 5.41) is 50.3. The van der Waals surface area contributed by atoms with Gasteiger partial charge >= 0.3 is 0 Å². The number of hydrogen-bond acceptors (Lipinski definition) is 5. The number of allylic oxidation sites excluding steroid dienone is 3. The van der Waals surface area contributed by atoms with Gasteiger partial charge in [0.1, 0.15) is 30.3 Å². The van der Waals surface area contributed by atoms with Crippen LogP contribution in [0.2, 0.25) is 0 Å². The highest BCUT2D eigenvalue weighted by molar-refractivity contribution is 6.26. The van der Waals surface area contributed by atoms with Gasteiger partial charge in [-0.3, -0.25) is 0 Å². The molecule has 0 radical (unpaired) electrons. The van der Waals surface area contributed by atoms with Crippen molar-refractivity contribution in [2.24, 2.45) is 0 Å². The van der Waals surface area contributed by atoms with E-state index in [1.807, 2.05) is 60.7 Å². The number of aliphatic hydroxyl groups excluding tert-OH is 1. The molecule has 0 saturated carbocycles. The normalized spacial score (nSPS) is 15.4. The van der Waals surface area contributed by atoms with Crippen LogP contribution < -0.4 is 4.90 Å². The van der Waals surface area contributed by atoms with Crippen molar-refractivity contribution >= 4 is 44.1 Å². The highest BCUT2D eigenvalue weighted by atomic mass is 16.3. The van der Waals surface area contributed by atoms with Gasteiger partial charge < -0.3 is 20.2 Å². The Hall–Kier alpha value is -6.31. The third-order valence-electron chi connectivity index (χ3n) is 11.7. The van der Waals surface area contributed by atoms with E-state index in [0.29, 0.717) is 38.8 Å². The molecule has 0 atom stereocenters. The van der Waals surface area contributed by atoms with Crippen LogP contribution in [-0.2, 0) is 0 Å². The summed E-state index contributed by atoms with van der Waals surface area (Å²) >= 11 is 0. The zero-order chi connectivity index (χ0) is 40.9. The second-order valence-electron chi connectivity index (χ2n) is 15.4. The van der Waals surface area contributed by atoms with Gasteiger partial charge in [0.25, 0.3) is 5.70 Å². The van der Waals surface area contributed by atoms with Crippen LogP contribution in [0.15, 0.2) is 108 Å². The van der Waals surface area contributed by atoms with Crippen LogP contribution in [-0.4, -0.2) is 51.8 Å². The maximum absolute atomic E-state index is 12.7. The first-order chi connectivity index (χ1) is 28.4. The third-order valence-corrected chi connectivity index (χ3v) is 11.7. The first-order valence-corrected chi connectivity index (χ1v) is 21.0. The zero-order valence-corrected chi connectivity index (χ0v) is 34.2. The lowest BCUT2D eigenvalue weighted by atomic mass is 9.69. The number of fused-ring (bicyclic) bond motifs is 4. The van der Waals surface area contributed by atoms with Crippen molar-refractivity contribution < 1.29 is 19.9 Å². The monoisotopic (exact) mass is 769 g/mol. The summed E-state index contributed by atoms with van der Waals surface area (Å²) in [5.74, 6) is 0.0213. The first kappa shape index (κ1) is 39.9. The van der Waals surface area contributed by atoms with E-state index in [9.17, 15) is 20.6 Å². The number of nitrogens with zero attached hydrogens (tertiary/aromatic N) is 4. The molecular weight excluding hydrogens is 717 g/mol. The minimum atomic E-state index is -0.170. The number of phenolic OH excluding ortho intramolecular Hbond substituents is 2. The molecule has 0 aromatic heterocycles. The van der Waals surface area contributed by atoms with Crippen LogP contribution in [0, 0.1) is 17.9 Å². The number of benzene rings is 5. The molecule has 0 aliphatic heterocycles. The topological polar surface area (TPSA) is 95.1 Å². The van der Waals surface area contributed by atoms with Crippen LogP contribution in [0.25, 0.3) is 37.5 Å². The van der Waals surface area contributed by atoms with Crippen molar-refractivity contribution in [1.29, 1.82) is 5.26 Å². The molecule has 5 aromatic carbocycles. The van der Waals surface area contributed by atoms with Crippen LogP contribution in [0.5, 0.6) is 11.5 Å². The van der Waals surface area contributed by atoms with Crippen molar-refractivity contribution in [3.05, 3.63) is 147 Å². The molecule has 2 aliphatic carbocycles. The number of aromatic hydroxyl groups is 2. The summed E-state index contributed by atoms with van der Waals surface area (Å²) < 4.78 is 2.43. The number of hydrogen-bond donors (Lipinski definition) is 3. The summed E-state index contributed by atoms with van der Waals surface area (Å²) in [6.07, 6.45) is 8.20. The maximum atomic E-state index is 12.7. The van der Waals surface area contributed by atoms with Crippen LogP contribution in [0.4, 0.5) is 5.69 Å². The van der Waals surface area contributed by atoms with Gasteiger partial charge in [-0.15, -0.1) is 0 Å². The van der Waals surface area contributed by atoms with Crippen molar-refractivity contribution in [2.75, 3.05) is 31.1 Å². The second-order valence-corrected chi connectivity index (χ2v) is 15.4. The van der Waals surface area contributed by atoms with E-state index in [1.54, 1.807) is 12.1 Å². The fourth-order valence-corrected chi connectivity index (χ4v) is 8.93. The molecule has 2 aliphatic rings. The van der Waals surface area contributed by atoms with Gasteiger partial charge in [0.15, 0.2) is 0 Å². The average molecular weight is 770 g/mol. The predicted octanol–water partition coefficient (Wildman–Crippen LogP) is 12.1. The molecule has 7 rings (SSSR count). The van der Waals surface area contributed by atoms with Crippen molar-refractivity contribution in [3.63, 3.8) is 0 Å². The average Bonchev–Trinajstić information content (AvgIpc) is 3.24. The lowest BCUT2D eigenvalue weighted by Crippen LogP contribution is -2.30. The molecule has 0 saturated heterocycles. The Bertz CT molecular complexity index is 2600. The Morgan fingerprint density at radius 3 is 1.84 bits per heavy atom. The molecule has 3 N–H and O–H groups in total. The minimum Gasteiger partial charge on any atom is -0.507 e. The Morgan fingerprint density at radius 1 is 0.638 bits per heavy atom. The Kier molecular flexibility index (Phi) is 12.0. The number of aliphatic hydroxyl groups is 1. The maximum Gasteiger partial charge on any atom is 0.270 e. The molecule has 0 amide bonds. The smallest absolute Gasteiger partial charge is 0.270 e. The Balaban J connectivity index is 1.62. The number of nitriles is 1. The number of rotatable bonds is 14. The first-order valence-electron chi connectivity index (χ1n) is 21.0. The molecule has 5 aromatic rings. The van der Waals surface area contributed by atoms with E-state index in [-0.39, 0.29) is 23.0 Å². The van der Waals surface area contributed by atoms with Gasteiger partial charge in [-0.1, -0.05) is 114 Å². The van der Waals surface area contributed by atoms with E-state index in [2.05, 4.69) is 60.2 Å². The van der Waals surface area contributed by atoms with E-state index in [1.165, 1.54) is 0 Å². The van der Waals surface area contributed by atoms with E-state index in [0.717, 1.165) is 122 Å². The molecular formula is C51H53N4O3+. The molecule has 58 heavy (non-hydrogen) atoms. The lowest BCUT2D eigenvalue weighted by molar-refractivity contribution is -0.528. The molecule has 0 heterocycles. The van der Waals surface area contributed by atoms with Gasteiger partial charge in [0.2, 0.25) is 5.71 Å². The fraction of sp³-hybridized carbons (Fsp3) is 0.314. The van der Waals surface area contributed by atoms with E-state index in [4.69, 9.17) is 6.57 Å². The standard InChI is InChI=1S/C51H52N4O3/c1-6-10-28-54(29-11-7-2)49-35-22-16-14-20-33(35)44(42-37(49)24-18-26-40(42)56)47-46(39(32-52)53-5)48(51(47)58)45-34-21-15-17-23-36(34)50(38-25-19-27-41(57)43(38)45)55(30-12-8-3)31-13-9-4/h14-27H,6-13,28-31H2,1-4H3,(H2-,56,57,58)/p+1. The summed E-state index contributed by atoms with van der Waals surface area (Å²) in [4.78, 5) is 6.19. The van der Waals surface area contributed by atoms with Crippen molar-refractivity contribution in [1.82, 2.24) is 0 Å². The number of phenols is 2. The summed E-state index contributed by atoms with van der Waals surface area (Å²) in [6.45, 7) is 20.5. The molecule has 7 heteroatoms. The van der Waals surface area contributed by atoms with E-state index >= 15 is 0 Å². The summed E-state index contributed by atoms with van der Waals surface area (Å²) in [5.41, 5.74) is 7.20.